The lowest BCUT2D eigenvalue weighted by molar-refractivity contribution is -0.111. The van der Waals surface area contributed by atoms with Crippen molar-refractivity contribution in [2.24, 2.45) is 0 Å². The van der Waals surface area contributed by atoms with Crippen molar-refractivity contribution in [3.05, 3.63) is 89.4 Å². The predicted octanol–water partition coefficient (Wildman–Crippen LogP) is 5.01. The van der Waals surface area contributed by atoms with Crippen LogP contribution in [0.25, 0.3) is 10.9 Å². The van der Waals surface area contributed by atoms with E-state index < -0.39 is 15.7 Å². The molecule has 0 fully saturated rings. The van der Waals surface area contributed by atoms with Gasteiger partial charge in [0.15, 0.2) is 0 Å². The maximum Gasteiger partial charge on any atom is 0.248 e. The first-order valence-electron chi connectivity index (χ1n) is 13.6. The Morgan fingerprint density at radius 3 is 2.66 bits per heavy atom. The molecule has 2 aromatic heterocycles. The summed E-state index contributed by atoms with van der Waals surface area (Å²) in [5, 5.41) is 19.8. The molecule has 0 unspecified atom stereocenters. The number of amides is 1. The first kappa shape index (κ1) is 32.2. The number of nitrogens with one attached hydrogen (secondary N) is 3. The molecule has 0 aliphatic heterocycles. The molecule has 0 spiro atoms. The molecule has 0 saturated heterocycles. The SMILES string of the molecule is CCOc1cc2ncc(C#N)c(Nc3ccc(OCc4ccccn4)c(Cl)c3)c2cc1NC(=O)/C=C/CNCCS(C)(=O)=O. The second-order valence-corrected chi connectivity index (χ2v) is 12.2. The summed E-state index contributed by atoms with van der Waals surface area (Å²) in [4.78, 5) is 21.4. The topological polar surface area (TPSA) is 155 Å². The van der Waals surface area contributed by atoms with E-state index in [9.17, 15) is 18.5 Å². The molecule has 0 atom stereocenters. The lowest BCUT2D eigenvalue weighted by Crippen LogP contribution is -2.22. The van der Waals surface area contributed by atoms with Crippen molar-refractivity contribution in [3.63, 3.8) is 0 Å². The molecular formula is C31H31ClN6O5S. The molecule has 2 heterocycles. The standard InChI is InChI=1S/C31H31ClN6O5S/c1-3-42-29-17-26-24(16-27(29)38-30(39)8-6-11-34-13-14-44(2,40)41)31(21(18-33)19-36-26)37-22-9-10-28(25(32)15-22)43-20-23-7-4-5-12-35-23/h4-10,12,15-17,19,34H,3,11,13-14,20H2,1-2H3,(H,36,37)(H,38,39)/b8-6+. The lowest BCUT2D eigenvalue weighted by atomic mass is 10.1. The van der Waals surface area contributed by atoms with Crippen LogP contribution in [-0.4, -0.2) is 56.0 Å². The second kappa shape index (κ2) is 15.2. The maximum atomic E-state index is 12.7. The Balaban J connectivity index is 1.55. The van der Waals surface area contributed by atoms with E-state index in [2.05, 4.69) is 32.0 Å². The minimum atomic E-state index is -3.07. The van der Waals surface area contributed by atoms with Crippen molar-refractivity contribution in [2.45, 2.75) is 13.5 Å². The van der Waals surface area contributed by atoms with Crippen molar-refractivity contribution in [2.75, 3.05) is 42.3 Å². The fourth-order valence-corrected chi connectivity index (χ4v) is 4.82. The van der Waals surface area contributed by atoms with Gasteiger partial charge >= 0.3 is 0 Å². The van der Waals surface area contributed by atoms with Crippen LogP contribution in [0, 0.1) is 11.3 Å². The van der Waals surface area contributed by atoms with Gasteiger partial charge in [-0.3, -0.25) is 14.8 Å². The number of nitrogens with zero attached hydrogens (tertiary/aromatic N) is 3. The molecular weight excluding hydrogens is 604 g/mol. The average Bonchev–Trinajstić information content (AvgIpc) is 2.99. The number of hydrogen-bond acceptors (Lipinski definition) is 10. The monoisotopic (exact) mass is 634 g/mol. The van der Waals surface area contributed by atoms with Crippen LogP contribution in [0.4, 0.5) is 17.1 Å². The molecule has 0 aliphatic rings. The van der Waals surface area contributed by atoms with Gasteiger partial charge in [0, 0.05) is 55.0 Å². The van der Waals surface area contributed by atoms with Crippen LogP contribution in [0.15, 0.2) is 73.1 Å². The van der Waals surface area contributed by atoms with Crippen LogP contribution in [-0.2, 0) is 21.2 Å². The molecule has 4 rings (SSSR count). The second-order valence-electron chi connectivity index (χ2n) is 9.56. The summed E-state index contributed by atoms with van der Waals surface area (Å²) in [6.07, 6.45) is 7.25. The first-order valence-corrected chi connectivity index (χ1v) is 16.1. The van der Waals surface area contributed by atoms with Gasteiger partial charge in [-0.15, -0.1) is 0 Å². The average molecular weight is 635 g/mol. The summed E-state index contributed by atoms with van der Waals surface area (Å²) in [5.41, 5.74) is 3.05. The number of carbonyl (C=O) groups excluding carboxylic acids is 1. The van der Waals surface area contributed by atoms with Crippen LogP contribution in [0.2, 0.25) is 5.02 Å². The zero-order valence-corrected chi connectivity index (χ0v) is 25.7. The Morgan fingerprint density at radius 2 is 1.95 bits per heavy atom. The number of sulfone groups is 1. The zero-order chi connectivity index (χ0) is 31.5. The van der Waals surface area contributed by atoms with Gasteiger partial charge in [-0.1, -0.05) is 23.7 Å². The molecule has 1 amide bonds. The summed E-state index contributed by atoms with van der Waals surface area (Å²) in [6.45, 7) is 3.03. The molecule has 2 aromatic carbocycles. The number of ether oxygens (including phenoxy) is 2. The summed E-state index contributed by atoms with van der Waals surface area (Å²) >= 11 is 6.52. The summed E-state index contributed by atoms with van der Waals surface area (Å²) in [6, 6.07) is 16.3. The highest BCUT2D eigenvalue weighted by atomic mass is 35.5. The third kappa shape index (κ3) is 9.15. The number of hydrogen-bond donors (Lipinski definition) is 3. The van der Waals surface area contributed by atoms with E-state index in [-0.39, 0.29) is 24.5 Å². The number of anilines is 3. The van der Waals surface area contributed by atoms with Crippen molar-refractivity contribution >= 4 is 55.3 Å². The maximum absolute atomic E-state index is 12.7. The van der Waals surface area contributed by atoms with Crippen LogP contribution in [0.1, 0.15) is 18.2 Å². The minimum Gasteiger partial charge on any atom is -0.492 e. The Bertz CT molecular complexity index is 1810. The number of rotatable bonds is 14. The van der Waals surface area contributed by atoms with E-state index in [1.165, 1.54) is 18.5 Å². The summed E-state index contributed by atoms with van der Waals surface area (Å²) in [7, 11) is -3.07. The number of carbonyl (C=O) groups is 1. The lowest BCUT2D eigenvalue weighted by Gasteiger charge is -2.16. The molecule has 4 aromatic rings. The van der Waals surface area contributed by atoms with E-state index in [1.807, 2.05) is 25.1 Å². The van der Waals surface area contributed by atoms with E-state index in [0.29, 0.717) is 57.6 Å². The highest BCUT2D eigenvalue weighted by molar-refractivity contribution is 7.90. The molecule has 13 heteroatoms. The van der Waals surface area contributed by atoms with Crippen molar-refractivity contribution in [1.82, 2.24) is 15.3 Å². The molecule has 11 nitrogen and oxygen atoms in total. The number of benzene rings is 2. The smallest absolute Gasteiger partial charge is 0.248 e. The fraction of sp³-hybridized carbons (Fsp3) is 0.226. The number of nitriles is 1. The molecule has 0 radical (unpaired) electrons. The normalized spacial score (nSPS) is 11.3. The van der Waals surface area contributed by atoms with Crippen molar-refractivity contribution in [1.29, 1.82) is 5.26 Å². The van der Waals surface area contributed by atoms with Gasteiger partial charge in [0.2, 0.25) is 5.91 Å². The Labute approximate surface area is 260 Å². The largest absolute Gasteiger partial charge is 0.492 e. The summed E-state index contributed by atoms with van der Waals surface area (Å²) < 4.78 is 34.1. The van der Waals surface area contributed by atoms with Crippen LogP contribution in [0.3, 0.4) is 0 Å². The highest BCUT2D eigenvalue weighted by Gasteiger charge is 2.16. The molecule has 44 heavy (non-hydrogen) atoms. The Hall–Kier alpha value is -4.70. The van der Waals surface area contributed by atoms with Crippen molar-refractivity contribution < 1.29 is 22.7 Å². The number of pyridine rings is 2. The molecule has 0 bridgehead atoms. The molecule has 3 N–H and O–H groups in total. The van der Waals surface area contributed by atoms with E-state index in [4.69, 9.17) is 21.1 Å². The van der Waals surface area contributed by atoms with E-state index >= 15 is 0 Å². The minimum absolute atomic E-state index is 0.00698. The molecule has 228 valence electrons. The van der Waals surface area contributed by atoms with Crippen molar-refractivity contribution in [3.8, 4) is 17.6 Å². The number of aromatic nitrogens is 2. The first-order chi connectivity index (χ1) is 21.2. The van der Waals surface area contributed by atoms with Crippen LogP contribution in [0.5, 0.6) is 11.5 Å². The quantitative estimate of drug-likeness (QED) is 0.127. The van der Waals surface area contributed by atoms with E-state index in [1.54, 1.807) is 42.6 Å². The van der Waals surface area contributed by atoms with Gasteiger partial charge < -0.3 is 25.4 Å². The van der Waals surface area contributed by atoms with Crippen LogP contribution < -0.4 is 25.4 Å². The van der Waals surface area contributed by atoms with Gasteiger partial charge in [0.1, 0.15) is 34.0 Å². The zero-order valence-electron chi connectivity index (χ0n) is 24.1. The predicted molar refractivity (Wildman–Crippen MR) is 171 cm³/mol. The van der Waals surface area contributed by atoms with Gasteiger partial charge in [-0.25, -0.2) is 8.42 Å². The van der Waals surface area contributed by atoms with Gasteiger partial charge in [0.05, 0.1) is 45.5 Å². The van der Waals surface area contributed by atoms with Gasteiger partial charge in [-0.2, -0.15) is 5.26 Å². The van der Waals surface area contributed by atoms with E-state index in [0.717, 1.165) is 5.69 Å². The Kier molecular flexibility index (Phi) is 11.1. The van der Waals surface area contributed by atoms with Gasteiger partial charge in [-0.05, 0) is 43.3 Å². The number of fused-ring (bicyclic) bond motifs is 1. The third-order valence-electron chi connectivity index (χ3n) is 6.13. The number of halogens is 1. The fourth-order valence-electron chi connectivity index (χ4n) is 4.07. The van der Waals surface area contributed by atoms with Gasteiger partial charge in [0.25, 0.3) is 0 Å². The van der Waals surface area contributed by atoms with Crippen LogP contribution >= 0.6 is 11.6 Å². The summed E-state index contributed by atoms with van der Waals surface area (Å²) in [5.74, 6) is 0.483. The molecule has 0 saturated carbocycles. The third-order valence-corrected chi connectivity index (χ3v) is 7.37. The highest BCUT2D eigenvalue weighted by Crippen LogP contribution is 2.37. The molecule has 0 aliphatic carbocycles. The Morgan fingerprint density at radius 1 is 1.11 bits per heavy atom.